The Labute approximate surface area is 160 Å². The first-order valence-electron chi connectivity index (χ1n) is 8.29. The molecule has 0 radical (unpaired) electrons. The zero-order chi connectivity index (χ0) is 18.3. The quantitative estimate of drug-likeness (QED) is 0.735. The van der Waals surface area contributed by atoms with Crippen molar-refractivity contribution in [2.24, 2.45) is 0 Å². The normalized spacial score (nSPS) is 19.7. The molecule has 0 spiro atoms. The lowest BCUT2D eigenvalue weighted by atomic mass is 10.0. The maximum absolute atomic E-state index is 14.6. The zero-order valence-corrected chi connectivity index (χ0v) is 15.3. The number of hydrogen-bond donors (Lipinski definition) is 0. The van der Waals surface area contributed by atoms with Gasteiger partial charge in [0.15, 0.2) is 5.11 Å². The second-order valence-corrected chi connectivity index (χ2v) is 6.94. The van der Waals surface area contributed by atoms with E-state index in [2.05, 4.69) is 4.98 Å². The van der Waals surface area contributed by atoms with Crippen LogP contribution in [-0.2, 0) is 4.79 Å². The third-order valence-electron chi connectivity index (χ3n) is 4.54. The Balaban J connectivity index is 1.71. The van der Waals surface area contributed by atoms with Gasteiger partial charge in [0.2, 0.25) is 5.88 Å². The van der Waals surface area contributed by atoms with Gasteiger partial charge in [-0.15, -0.1) is 0 Å². The lowest BCUT2D eigenvalue weighted by Crippen LogP contribution is -2.38. The third-order valence-corrected chi connectivity index (χ3v) is 5.25. The lowest BCUT2D eigenvalue weighted by molar-refractivity contribution is -0.120. The van der Waals surface area contributed by atoms with Gasteiger partial charge in [-0.2, -0.15) is 0 Å². The number of pyridine rings is 1. The van der Waals surface area contributed by atoms with Crippen LogP contribution in [-0.4, -0.2) is 33.5 Å². The Morgan fingerprint density at radius 1 is 1.31 bits per heavy atom. The average Bonchev–Trinajstić information content (AvgIpc) is 2.90. The van der Waals surface area contributed by atoms with Crippen molar-refractivity contribution < 1.29 is 13.9 Å². The van der Waals surface area contributed by atoms with E-state index in [0.29, 0.717) is 17.5 Å². The Kier molecular flexibility index (Phi) is 4.50. The minimum atomic E-state index is -0.626. The van der Waals surface area contributed by atoms with Crippen molar-refractivity contribution in [3.63, 3.8) is 0 Å². The van der Waals surface area contributed by atoms with Crippen molar-refractivity contribution >= 4 is 40.5 Å². The number of carbonyl (C=O) groups is 1. The van der Waals surface area contributed by atoms with Crippen LogP contribution in [0.2, 0.25) is 5.02 Å². The van der Waals surface area contributed by atoms with Crippen LogP contribution in [0, 0.1) is 5.82 Å². The summed E-state index contributed by atoms with van der Waals surface area (Å²) in [5, 5.41) is 0.414. The first-order valence-corrected chi connectivity index (χ1v) is 9.07. The SMILES string of the molecule is O=C1[C@@H]2CCCCN2C(=S)N1c1cc(Oc2ccccn2)c(Cl)cc1F. The van der Waals surface area contributed by atoms with E-state index in [1.807, 2.05) is 4.90 Å². The Bertz CT molecular complexity index is 856. The van der Waals surface area contributed by atoms with Gasteiger partial charge in [-0.3, -0.25) is 9.69 Å². The molecule has 3 heterocycles. The minimum Gasteiger partial charge on any atom is -0.437 e. The summed E-state index contributed by atoms with van der Waals surface area (Å²) >= 11 is 11.6. The van der Waals surface area contributed by atoms with E-state index in [0.717, 1.165) is 25.3 Å². The van der Waals surface area contributed by atoms with Crippen LogP contribution in [0.5, 0.6) is 11.6 Å². The molecule has 0 aliphatic carbocycles. The molecule has 0 bridgehead atoms. The van der Waals surface area contributed by atoms with Crippen LogP contribution >= 0.6 is 23.8 Å². The van der Waals surface area contributed by atoms with Crippen LogP contribution in [0.4, 0.5) is 10.1 Å². The minimum absolute atomic E-state index is 0.0460. The van der Waals surface area contributed by atoms with Gasteiger partial charge >= 0.3 is 0 Å². The van der Waals surface area contributed by atoms with Crippen LogP contribution in [0.3, 0.4) is 0 Å². The summed E-state index contributed by atoms with van der Waals surface area (Å²) in [5.41, 5.74) is 0.0460. The summed E-state index contributed by atoms with van der Waals surface area (Å²) in [6.45, 7) is 0.707. The van der Waals surface area contributed by atoms with Crippen molar-refractivity contribution in [3.8, 4) is 11.6 Å². The highest BCUT2D eigenvalue weighted by atomic mass is 35.5. The monoisotopic (exact) mass is 391 g/mol. The maximum Gasteiger partial charge on any atom is 0.256 e. The number of piperidine rings is 1. The van der Waals surface area contributed by atoms with Crippen molar-refractivity contribution in [2.45, 2.75) is 25.3 Å². The van der Waals surface area contributed by atoms with Gasteiger partial charge < -0.3 is 9.64 Å². The van der Waals surface area contributed by atoms with E-state index in [9.17, 15) is 9.18 Å². The Morgan fingerprint density at radius 3 is 2.88 bits per heavy atom. The molecule has 2 fully saturated rings. The molecule has 2 aliphatic rings. The van der Waals surface area contributed by atoms with Crippen LogP contribution < -0.4 is 9.64 Å². The summed E-state index contributed by atoms with van der Waals surface area (Å²) in [6, 6.07) is 7.38. The second-order valence-electron chi connectivity index (χ2n) is 6.17. The zero-order valence-electron chi connectivity index (χ0n) is 13.7. The fourth-order valence-corrected chi connectivity index (χ4v) is 3.89. The Hall–Kier alpha value is -2.25. The molecule has 1 atom stereocenters. The molecule has 0 saturated carbocycles. The van der Waals surface area contributed by atoms with Crippen LogP contribution in [0.15, 0.2) is 36.5 Å². The standard InChI is InChI=1S/C18H15ClFN3O2S/c19-11-9-12(20)14(10-15(11)25-16-6-1-3-7-21-16)23-17(24)13-5-2-4-8-22(13)18(23)26/h1,3,6-7,9-10,13H,2,4-5,8H2/t13-/m0/s1. The predicted octanol–water partition coefficient (Wildman–Crippen LogP) is 4.15. The lowest BCUT2D eigenvalue weighted by Gasteiger charge is -2.27. The van der Waals surface area contributed by atoms with Crippen molar-refractivity contribution in [2.75, 3.05) is 11.4 Å². The number of hydrogen-bond acceptors (Lipinski definition) is 4. The number of carbonyl (C=O) groups excluding carboxylic acids is 1. The molecule has 134 valence electrons. The molecule has 2 saturated heterocycles. The van der Waals surface area contributed by atoms with Crippen molar-refractivity contribution in [1.29, 1.82) is 0 Å². The van der Waals surface area contributed by atoms with E-state index in [1.165, 1.54) is 11.0 Å². The topological polar surface area (TPSA) is 45.7 Å². The fraction of sp³-hybridized carbons (Fsp3) is 0.278. The molecule has 26 heavy (non-hydrogen) atoms. The average molecular weight is 392 g/mol. The van der Waals surface area contributed by atoms with Gasteiger partial charge in [0.05, 0.1) is 10.7 Å². The smallest absolute Gasteiger partial charge is 0.256 e. The van der Waals surface area contributed by atoms with Crippen molar-refractivity contribution in [1.82, 2.24) is 9.88 Å². The van der Waals surface area contributed by atoms with Crippen LogP contribution in [0.1, 0.15) is 19.3 Å². The molecule has 0 unspecified atom stereocenters. The highest BCUT2D eigenvalue weighted by Crippen LogP contribution is 2.38. The molecule has 0 N–H and O–H groups in total. The molecular formula is C18H15ClFN3O2S. The van der Waals surface area contributed by atoms with Crippen LogP contribution in [0.25, 0.3) is 0 Å². The van der Waals surface area contributed by atoms with E-state index < -0.39 is 5.82 Å². The number of amides is 1. The number of fused-ring (bicyclic) bond motifs is 1. The first-order chi connectivity index (χ1) is 12.6. The number of aromatic nitrogens is 1. The number of ether oxygens (including phenoxy) is 1. The predicted molar refractivity (Wildman–Crippen MR) is 100 cm³/mol. The van der Waals surface area contributed by atoms with E-state index in [4.69, 9.17) is 28.6 Å². The molecule has 2 aliphatic heterocycles. The number of halogens is 2. The van der Waals surface area contributed by atoms with Gasteiger partial charge in [0.25, 0.3) is 5.91 Å². The number of anilines is 1. The van der Waals surface area contributed by atoms with Gasteiger partial charge in [-0.25, -0.2) is 9.37 Å². The summed E-state index contributed by atoms with van der Waals surface area (Å²) in [4.78, 5) is 20.0. The second kappa shape index (κ2) is 6.81. The van der Waals surface area contributed by atoms with Gasteiger partial charge in [-0.1, -0.05) is 17.7 Å². The summed E-state index contributed by atoms with van der Waals surface area (Å²) in [7, 11) is 0. The fourth-order valence-electron chi connectivity index (χ4n) is 3.30. The van der Waals surface area contributed by atoms with Crippen molar-refractivity contribution in [3.05, 3.63) is 47.4 Å². The third kappa shape index (κ3) is 2.91. The van der Waals surface area contributed by atoms with Gasteiger partial charge in [-0.05, 0) is 43.6 Å². The molecule has 1 aromatic heterocycles. The number of rotatable bonds is 3. The van der Waals surface area contributed by atoms with E-state index >= 15 is 0 Å². The molecule has 4 rings (SSSR count). The molecule has 5 nitrogen and oxygen atoms in total. The number of thiocarbonyl (C=S) groups is 1. The highest BCUT2D eigenvalue weighted by molar-refractivity contribution is 7.80. The highest BCUT2D eigenvalue weighted by Gasteiger charge is 2.45. The Morgan fingerprint density at radius 2 is 2.15 bits per heavy atom. The first kappa shape index (κ1) is 17.2. The number of nitrogens with zero attached hydrogens (tertiary/aromatic N) is 3. The summed E-state index contributed by atoms with van der Waals surface area (Å²) in [5.74, 6) is -0.305. The van der Waals surface area contributed by atoms with Gasteiger partial charge in [0, 0.05) is 24.9 Å². The summed E-state index contributed by atoms with van der Waals surface area (Å²) in [6.07, 6.45) is 4.22. The number of benzene rings is 1. The molecule has 2 aromatic rings. The van der Waals surface area contributed by atoms with E-state index in [-0.39, 0.29) is 28.4 Å². The summed E-state index contributed by atoms with van der Waals surface area (Å²) < 4.78 is 20.3. The molecule has 1 aromatic carbocycles. The largest absolute Gasteiger partial charge is 0.437 e. The van der Waals surface area contributed by atoms with E-state index in [1.54, 1.807) is 24.4 Å². The molecular weight excluding hydrogens is 377 g/mol. The van der Waals surface area contributed by atoms with Gasteiger partial charge in [0.1, 0.15) is 17.6 Å². The molecule has 8 heteroatoms. The maximum atomic E-state index is 14.6. The molecule has 1 amide bonds.